The highest BCUT2D eigenvalue weighted by molar-refractivity contribution is 6.12. The number of anilines is 1. The lowest BCUT2D eigenvalue weighted by molar-refractivity contribution is 0.0943. The van der Waals surface area contributed by atoms with Gasteiger partial charge in [-0.3, -0.25) is 9.59 Å². The minimum atomic E-state index is -0.347. The highest BCUT2D eigenvalue weighted by atomic mass is 16.5. The van der Waals surface area contributed by atoms with Crippen molar-refractivity contribution in [1.82, 2.24) is 10.5 Å². The molecule has 0 spiro atoms. The maximum absolute atomic E-state index is 13.9. The number of benzene rings is 2. The van der Waals surface area contributed by atoms with E-state index in [0.29, 0.717) is 22.4 Å². The van der Waals surface area contributed by atoms with Crippen molar-refractivity contribution in [2.45, 2.75) is 38.1 Å². The van der Waals surface area contributed by atoms with E-state index < -0.39 is 0 Å². The lowest BCUT2D eigenvalue weighted by Crippen LogP contribution is -2.40. The van der Waals surface area contributed by atoms with Gasteiger partial charge in [-0.1, -0.05) is 55.3 Å². The second-order valence-corrected chi connectivity index (χ2v) is 9.74. The maximum Gasteiger partial charge on any atom is 0.251 e. The highest BCUT2D eigenvalue weighted by Gasteiger charge is 2.44. The summed E-state index contributed by atoms with van der Waals surface area (Å²) in [6, 6.07) is 15.6. The number of aromatic nitrogens is 1. The monoisotopic (exact) mass is 513 g/mol. The average molecular weight is 514 g/mol. The van der Waals surface area contributed by atoms with Crippen LogP contribution in [0.3, 0.4) is 0 Å². The van der Waals surface area contributed by atoms with E-state index in [9.17, 15) is 14.7 Å². The molecule has 0 radical (unpaired) electrons. The van der Waals surface area contributed by atoms with Crippen LogP contribution in [0.4, 0.5) is 5.69 Å². The summed E-state index contributed by atoms with van der Waals surface area (Å²) < 4.78 is 4.96. The zero-order chi connectivity index (χ0) is 26.6. The molecule has 3 N–H and O–H groups in total. The molecule has 1 amide bonds. The first kappa shape index (κ1) is 25.5. The van der Waals surface area contributed by atoms with Crippen LogP contribution in [0, 0.1) is 5.92 Å². The van der Waals surface area contributed by atoms with E-state index in [1.54, 1.807) is 30.3 Å². The van der Waals surface area contributed by atoms with Crippen LogP contribution in [-0.4, -0.2) is 46.3 Å². The van der Waals surface area contributed by atoms with Gasteiger partial charge in [0.25, 0.3) is 5.91 Å². The van der Waals surface area contributed by atoms with Gasteiger partial charge < -0.3 is 25.0 Å². The Morgan fingerprint density at radius 2 is 1.68 bits per heavy atom. The number of rotatable bonds is 8. The Bertz CT molecular complexity index is 1340. The normalized spacial score (nSPS) is 18.2. The van der Waals surface area contributed by atoms with Crippen LogP contribution >= 0.6 is 0 Å². The number of aliphatic hydroxyl groups is 2. The zero-order valence-electron chi connectivity index (χ0n) is 21.1. The molecule has 2 heterocycles. The Hall–Kier alpha value is -4.17. The minimum Gasteiger partial charge on any atom is -0.505 e. The number of hydrogen-bond acceptors (Lipinski definition) is 7. The van der Waals surface area contributed by atoms with Crippen LogP contribution in [-0.2, 0) is 0 Å². The number of nitrogens with one attached hydrogen (secondary N) is 1. The number of amides is 1. The number of ketones is 1. The van der Waals surface area contributed by atoms with Crippen LogP contribution in [0.15, 0.2) is 89.0 Å². The van der Waals surface area contributed by atoms with Crippen LogP contribution < -0.4 is 10.2 Å². The van der Waals surface area contributed by atoms with Crippen molar-refractivity contribution in [2.75, 3.05) is 18.1 Å². The molecule has 1 unspecified atom stereocenters. The molecule has 0 bridgehead atoms. The zero-order valence-corrected chi connectivity index (χ0v) is 21.1. The molecule has 3 aromatic rings. The molecular weight excluding hydrogens is 482 g/mol. The number of carbonyl (C=O) groups is 2. The van der Waals surface area contributed by atoms with Crippen LogP contribution in [0.2, 0.25) is 0 Å². The summed E-state index contributed by atoms with van der Waals surface area (Å²) in [7, 11) is 0. The number of aliphatic hydroxyl groups excluding tert-OH is 2. The molecule has 2 aromatic carbocycles. The van der Waals surface area contributed by atoms with Crippen molar-refractivity contribution >= 4 is 17.4 Å². The van der Waals surface area contributed by atoms with E-state index in [1.807, 2.05) is 29.2 Å². The number of carbonyl (C=O) groups excluding carboxylic acids is 2. The summed E-state index contributed by atoms with van der Waals surface area (Å²) >= 11 is 0. The lowest BCUT2D eigenvalue weighted by Gasteiger charge is -2.36. The first-order valence-corrected chi connectivity index (χ1v) is 13.0. The van der Waals surface area contributed by atoms with Gasteiger partial charge in [0, 0.05) is 35.0 Å². The third kappa shape index (κ3) is 4.87. The summed E-state index contributed by atoms with van der Waals surface area (Å²) in [6.07, 6.45) is 6.76. The Morgan fingerprint density at radius 3 is 2.32 bits per heavy atom. The Balaban J connectivity index is 1.47. The first-order valence-electron chi connectivity index (χ1n) is 13.0. The minimum absolute atomic E-state index is 0.0871. The summed E-state index contributed by atoms with van der Waals surface area (Å²) in [5.41, 5.74) is 3.99. The molecule has 1 aromatic heterocycles. The smallest absolute Gasteiger partial charge is 0.251 e. The van der Waals surface area contributed by atoms with Gasteiger partial charge in [-0.2, -0.15) is 0 Å². The molecule has 196 valence electrons. The van der Waals surface area contributed by atoms with Crippen molar-refractivity contribution in [2.24, 2.45) is 5.92 Å². The summed E-state index contributed by atoms with van der Waals surface area (Å²) in [5, 5.41) is 26.8. The van der Waals surface area contributed by atoms with Crippen LogP contribution in [0.1, 0.15) is 52.8 Å². The van der Waals surface area contributed by atoms with Gasteiger partial charge in [0.2, 0.25) is 0 Å². The fourth-order valence-corrected chi connectivity index (χ4v) is 5.52. The van der Waals surface area contributed by atoms with Gasteiger partial charge in [0.15, 0.2) is 5.78 Å². The SMILES string of the molecule is C=C1C(O)=C(C(=O)c2ccc(C(=O)NCCO)cc2)C(C2CCCCC2)N1c1ccc(-c2ccon2)cc1. The second kappa shape index (κ2) is 11.1. The fraction of sp³-hybridized carbons (Fsp3) is 0.300. The summed E-state index contributed by atoms with van der Waals surface area (Å²) in [5.74, 6) is -0.503. The van der Waals surface area contributed by atoms with Crippen LogP contribution in [0.5, 0.6) is 0 Å². The van der Waals surface area contributed by atoms with Crippen molar-refractivity contribution in [3.05, 3.63) is 95.6 Å². The molecule has 5 rings (SSSR count). The number of nitrogens with zero attached hydrogens (tertiary/aromatic N) is 2. The Morgan fingerprint density at radius 1 is 1.00 bits per heavy atom. The molecule has 1 fully saturated rings. The first-order chi connectivity index (χ1) is 18.5. The van der Waals surface area contributed by atoms with Gasteiger partial charge in [-0.15, -0.1) is 0 Å². The van der Waals surface area contributed by atoms with Gasteiger partial charge in [0.05, 0.1) is 23.9 Å². The second-order valence-electron chi connectivity index (χ2n) is 9.74. The average Bonchev–Trinajstić information content (AvgIpc) is 3.59. The topological polar surface area (TPSA) is 116 Å². The summed E-state index contributed by atoms with van der Waals surface area (Å²) in [4.78, 5) is 28.1. The largest absolute Gasteiger partial charge is 0.505 e. The predicted octanol–water partition coefficient (Wildman–Crippen LogP) is 5.04. The molecule has 8 nitrogen and oxygen atoms in total. The van der Waals surface area contributed by atoms with Gasteiger partial charge in [0.1, 0.15) is 17.7 Å². The maximum atomic E-state index is 13.9. The third-order valence-corrected chi connectivity index (χ3v) is 7.42. The fourth-order valence-electron chi connectivity index (χ4n) is 5.52. The number of Topliss-reactive ketones (excluding diaryl/α,β-unsaturated/α-hetero) is 1. The Labute approximate surface area is 221 Å². The molecule has 1 aliphatic carbocycles. The molecule has 0 saturated heterocycles. The van der Waals surface area contributed by atoms with E-state index >= 15 is 0 Å². The Kier molecular flexibility index (Phi) is 7.42. The molecule has 1 atom stereocenters. The van der Waals surface area contributed by atoms with Gasteiger partial charge in [-0.25, -0.2) is 0 Å². The third-order valence-electron chi connectivity index (χ3n) is 7.42. The standard InChI is InChI=1S/C30H31N3O5/c1-19-28(35)26(29(36)22-7-9-23(10-8-22)30(37)31-16-17-34)27(21-5-3-2-4-6-21)33(19)24-13-11-20(12-14-24)25-15-18-38-32-25/h7-15,18,21,27,34-35H,1-6,16-17H2,(H,31,37). The van der Waals surface area contributed by atoms with Crippen LogP contribution in [0.25, 0.3) is 11.3 Å². The molecule has 8 heteroatoms. The molecular formula is C30H31N3O5. The quantitative estimate of drug-likeness (QED) is 0.361. The van der Waals surface area contributed by atoms with Gasteiger partial charge >= 0.3 is 0 Å². The molecule has 1 saturated carbocycles. The van der Waals surface area contributed by atoms with E-state index in [-0.39, 0.29) is 42.6 Å². The lowest BCUT2D eigenvalue weighted by atomic mass is 9.79. The van der Waals surface area contributed by atoms with Crippen molar-refractivity contribution in [3.8, 4) is 11.3 Å². The molecule has 38 heavy (non-hydrogen) atoms. The van der Waals surface area contributed by atoms with E-state index in [2.05, 4.69) is 17.1 Å². The van der Waals surface area contributed by atoms with Crippen molar-refractivity contribution < 1.29 is 24.3 Å². The number of hydrogen-bond donors (Lipinski definition) is 3. The van der Waals surface area contributed by atoms with E-state index in [1.165, 1.54) is 6.26 Å². The van der Waals surface area contributed by atoms with E-state index in [0.717, 1.165) is 49.0 Å². The van der Waals surface area contributed by atoms with E-state index in [4.69, 9.17) is 9.63 Å². The van der Waals surface area contributed by atoms with Crippen molar-refractivity contribution in [3.63, 3.8) is 0 Å². The highest BCUT2D eigenvalue weighted by Crippen LogP contribution is 2.44. The molecule has 2 aliphatic rings. The summed E-state index contributed by atoms with van der Waals surface area (Å²) in [6.45, 7) is 4.17. The van der Waals surface area contributed by atoms with Gasteiger partial charge in [-0.05, 0) is 43.0 Å². The molecule has 1 aliphatic heterocycles. The van der Waals surface area contributed by atoms with Crippen molar-refractivity contribution in [1.29, 1.82) is 0 Å². The predicted molar refractivity (Wildman–Crippen MR) is 144 cm³/mol.